The Morgan fingerprint density at radius 1 is 1.40 bits per heavy atom. The van der Waals surface area contributed by atoms with E-state index < -0.39 is 0 Å². The van der Waals surface area contributed by atoms with E-state index in [2.05, 4.69) is 19.2 Å². The van der Waals surface area contributed by atoms with Gasteiger partial charge in [0, 0.05) is 6.42 Å². The van der Waals surface area contributed by atoms with Crippen LogP contribution in [0.2, 0.25) is 0 Å². The van der Waals surface area contributed by atoms with Crippen molar-refractivity contribution in [2.75, 3.05) is 20.2 Å². The Balaban J connectivity index is 3.36. The zero-order valence-electron chi connectivity index (χ0n) is 10.3. The van der Waals surface area contributed by atoms with Gasteiger partial charge in [-0.25, -0.2) is 0 Å². The number of rotatable bonds is 9. The first kappa shape index (κ1) is 14.4. The van der Waals surface area contributed by atoms with E-state index in [1.165, 1.54) is 0 Å². The molecule has 3 heteroatoms. The smallest absolute Gasteiger partial charge is 0.305 e. The highest BCUT2D eigenvalue weighted by Crippen LogP contribution is 2.04. The Bertz CT molecular complexity index is 160. The van der Waals surface area contributed by atoms with Crippen LogP contribution in [0.1, 0.15) is 46.0 Å². The Morgan fingerprint density at radius 2 is 2.13 bits per heavy atom. The topological polar surface area (TPSA) is 38.3 Å². The fourth-order valence-electron chi connectivity index (χ4n) is 1.30. The fourth-order valence-corrected chi connectivity index (χ4v) is 1.30. The minimum Gasteiger partial charge on any atom is -0.465 e. The molecule has 0 aliphatic carbocycles. The van der Waals surface area contributed by atoms with E-state index in [-0.39, 0.29) is 5.97 Å². The number of hydrogen-bond donors (Lipinski definition) is 1. The molecule has 90 valence electrons. The third-order valence-corrected chi connectivity index (χ3v) is 2.40. The van der Waals surface area contributed by atoms with Crippen molar-refractivity contribution < 1.29 is 9.53 Å². The summed E-state index contributed by atoms with van der Waals surface area (Å²) in [5.41, 5.74) is 0. The maximum Gasteiger partial charge on any atom is 0.305 e. The van der Waals surface area contributed by atoms with Gasteiger partial charge in [0.1, 0.15) is 0 Å². The molecule has 0 spiro atoms. The molecule has 15 heavy (non-hydrogen) atoms. The fraction of sp³-hybridized carbons (Fsp3) is 0.917. The van der Waals surface area contributed by atoms with Crippen molar-refractivity contribution in [3.8, 4) is 0 Å². The Labute approximate surface area is 93.6 Å². The van der Waals surface area contributed by atoms with E-state index in [4.69, 9.17) is 4.74 Å². The summed E-state index contributed by atoms with van der Waals surface area (Å²) in [6.07, 6.45) is 4.85. The molecule has 0 radical (unpaired) electrons. The van der Waals surface area contributed by atoms with E-state index >= 15 is 0 Å². The zero-order valence-corrected chi connectivity index (χ0v) is 10.3. The molecule has 0 fully saturated rings. The normalized spacial score (nSPS) is 12.5. The summed E-state index contributed by atoms with van der Waals surface area (Å²) in [6.45, 7) is 5.78. The van der Waals surface area contributed by atoms with Crippen molar-refractivity contribution >= 4 is 5.97 Å². The molecule has 0 aromatic carbocycles. The van der Waals surface area contributed by atoms with Gasteiger partial charge in [0.2, 0.25) is 0 Å². The predicted octanol–water partition coefficient (Wildman–Crippen LogP) is 2.36. The first-order valence-corrected chi connectivity index (χ1v) is 6.00. The van der Waals surface area contributed by atoms with Crippen LogP contribution in [0.25, 0.3) is 0 Å². The maximum atomic E-state index is 11.3. The van der Waals surface area contributed by atoms with E-state index in [0.29, 0.717) is 18.9 Å². The summed E-state index contributed by atoms with van der Waals surface area (Å²) in [4.78, 5) is 11.3. The molecule has 0 rings (SSSR count). The van der Waals surface area contributed by atoms with Crippen molar-refractivity contribution in [1.29, 1.82) is 0 Å². The van der Waals surface area contributed by atoms with E-state index in [0.717, 1.165) is 32.2 Å². The van der Waals surface area contributed by atoms with Crippen molar-refractivity contribution in [2.45, 2.75) is 46.0 Å². The monoisotopic (exact) mass is 215 g/mol. The minimum absolute atomic E-state index is 0.0419. The highest BCUT2D eigenvalue weighted by molar-refractivity contribution is 5.69. The molecule has 0 saturated heterocycles. The molecule has 0 bridgehead atoms. The minimum atomic E-state index is -0.0419. The van der Waals surface area contributed by atoms with Crippen LogP contribution in [0.3, 0.4) is 0 Å². The van der Waals surface area contributed by atoms with Crippen LogP contribution in [0.4, 0.5) is 0 Å². The second kappa shape index (κ2) is 9.97. The molecular weight excluding hydrogens is 190 g/mol. The van der Waals surface area contributed by atoms with Crippen molar-refractivity contribution in [3.63, 3.8) is 0 Å². The number of unbranched alkanes of at least 4 members (excludes halogenated alkanes) is 2. The quantitative estimate of drug-likeness (QED) is 0.474. The van der Waals surface area contributed by atoms with Gasteiger partial charge in [-0.05, 0) is 32.4 Å². The number of hydrogen-bond acceptors (Lipinski definition) is 3. The molecule has 0 heterocycles. The first-order chi connectivity index (χ1) is 7.20. The molecule has 0 amide bonds. The van der Waals surface area contributed by atoms with Crippen LogP contribution in [0.5, 0.6) is 0 Å². The van der Waals surface area contributed by atoms with E-state index in [1.807, 2.05) is 7.05 Å². The highest BCUT2D eigenvalue weighted by Gasteiger charge is 2.06. The van der Waals surface area contributed by atoms with E-state index in [1.54, 1.807) is 0 Å². The summed E-state index contributed by atoms with van der Waals surface area (Å²) in [5, 5.41) is 3.09. The average Bonchev–Trinajstić information content (AvgIpc) is 2.24. The van der Waals surface area contributed by atoms with Gasteiger partial charge in [-0.1, -0.05) is 26.7 Å². The highest BCUT2D eigenvalue weighted by atomic mass is 16.5. The number of ether oxygens (including phenoxy) is 1. The van der Waals surface area contributed by atoms with Crippen LogP contribution in [0.15, 0.2) is 0 Å². The molecule has 0 saturated carbocycles. The van der Waals surface area contributed by atoms with Crippen LogP contribution in [-0.4, -0.2) is 26.2 Å². The summed E-state index contributed by atoms with van der Waals surface area (Å²) in [5.74, 6) is 0.410. The lowest BCUT2D eigenvalue weighted by atomic mass is 10.1. The van der Waals surface area contributed by atoms with Gasteiger partial charge in [-0.3, -0.25) is 4.79 Å². The predicted molar refractivity (Wildman–Crippen MR) is 62.8 cm³/mol. The number of carbonyl (C=O) groups is 1. The van der Waals surface area contributed by atoms with Crippen molar-refractivity contribution in [2.24, 2.45) is 5.92 Å². The summed E-state index contributed by atoms with van der Waals surface area (Å²) in [7, 11) is 1.93. The van der Waals surface area contributed by atoms with Gasteiger partial charge in [0.15, 0.2) is 0 Å². The molecule has 1 atom stereocenters. The van der Waals surface area contributed by atoms with Crippen molar-refractivity contribution in [1.82, 2.24) is 5.32 Å². The van der Waals surface area contributed by atoms with Gasteiger partial charge in [-0.15, -0.1) is 0 Å². The van der Waals surface area contributed by atoms with Gasteiger partial charge in [0.25, 0.3) is 0 Å². The molecule has 1 N–H and O–H groups in total. The third kappa shape index (κ3) is 9.73. The standard InChI is InChI=1S/C12H25NO2/c1-4-5-6-7-12(14)15-10-11(2)8-9-13-3/h11,13H,4-10H2,1-3H3. The summed E-state index contributed by atoms with van der Waals surface area (Å²) >= 11 is 0. The molecule has 0 aliphatic heterocycles. The van der Waals surface area contributed by atoms with Crippen LogP contribution in [0, 0.1) is 5.92 Å². The second-order valence-corrected chi connectivity index (χ2v) is 4.14. The van der Waals surface area contributed by atoms with Crippen LogP contribution >= 0.6 is 0 Å². The molecular formula is C12H25NO2. The van der Waals surface area contributed by atoms with Gasteiger partial charge in [0.05, 0.1) is 6.61 Å². The SMILES string of the molecule is CCCCCC(=O)OCC(C)CCNC. The molecule has 0 aromatic rings. The van der Waals surface area contributed by atoms with Gasteiger partial charge >= 0.3 is 5.97 Å². The molecule has 0 aliphatic rings. The average molecular weight is 215 g/mol. The summed E-state index contributed by atoms with van der Waals surface area (Å²) in [6, 6.07) is 0. The largest absolute Gasteiger partial charge is 0.465 e. The Hall–Kier alpha value is -0.570. The molecule has 1 unspecified atom stereocenters. The lowest BCUT2D eigenvalue weighted by Gasteiger charge is -2.11. The Kier molecular flexibility index (Phi) is 9.59. The van der Waals surface area contributed by atoms with Crippen molar-refractivity contribution in [3.05, 3.63) is 0 Å². The number of esters is 1. The third-order valence-electron chi connectivity index (χ3n) is 2.40. The van der Waals surface area contributed by atoms with Crippen LogP contribution in [-0.2, 0) is 9.53 Å². The first-order valence-electron chi connectivity index (χ1n) is 6.00. The number of nitrogens with one attached hydrogen (secondary N) is 1. The van der Waals surface area contributed by atoms with Gasteiger partial charge < -0.3 is 10.1 Å². The Morgan fingerprint density at radius 3 is 2.73 bits per heavy atom. The maximum absolute atomic E-state index is 11.3. The lowest BCUT2D eigenvalue weighted by Crippen LogP contribution is -2.17. The van der Waals surface area contributed by atoms with Crippen LogP contribution < -0.4 is 5.32 Å². The lowest BCUT2D eigenvalue weighted by molar-refractivity contribution is -0.145. The summed E-state index contributed by atoms with van der Waals surface area (Å²) < 4.78 is 5.18. The molecule has 0 aromatic heterocycles. The van der Waals surface area contributed by atoms with Gasteiger partial charge in [-0.2, -0.15) is 0 Å². The second-order valence-electron chi connectivity index (χ2n) is 4.14. The molecule has 3 nitrogen and oxygen atoms in total. The zero-order chi connectivity index (χ0) is 11.5. The van der Waals surface area contributed by atoms with E-state index in [9.17, 15) is 4.79 Å². The number of carbonyl (C=O) groups excluding carboxylic acids is 1.